The summed E-state index contributed by atoms with van der Waals surface area (Å²) in [6.45, 7) is 4.39. The Labute approximate surface area is 274 Å². The molecule has 2 N–H and O–H groups in total. The number of carbonyl (C=O) groups is 3. The number of Topliss-reactive ketones (excluding diaryl/α,β-unsaturated/α-hetero) is 2. The van der Waals surface area contributed by atoms with Crippen molar-refractivity contribution in [3.05, 3.63) is 51.7 Å². The van der Waals surface area contributed by atoms with Gasteiger partial charge in [0.1, 0.15) is 22.1 Å². The van der Waals surface area contributed by atoms with E-state index in [0.717, 1.165) is 19.3 Å². The van der Waals surface area contributed by atoms with Gasteiger partial charge in [-0.2, -0.15) is 0 Å². The van der Waals surface area contributed by atoms with E-state index in [9.17, 15) is 19.5 Å². The van der Waals surface area contributed by atoms with Gasteiger partial charge < -0.3 is 34.1 Å². The van der Waals surface area contributed by atoms with Crippen LogP contribution in [0.3, 0.4) is 0 Å². The third-order valence-corrected chi connectivity index (χ3v) is 9.51. The van der Waals surface area contributed by atoms with Crippen molar-refractivity contribution in [2.75, 3.05) is 27.6 Å². The first-order chi connectivity index (χ1) is 22.2. The van der Waals surface area contributed by atoms with Crippen LogP contribution in [0, 0.1) is 5.92 Å². The Balaban J connectivity index is 1.49. The highest BCUT2D eigenvalue weighted by Crippen LogP contribution is 2.56. The molecule has 0 aromatic heterocycles. The summed E-state index contributed by atoms with van der Waals surface area (Å²) in [5.41, 5.74) is -1.42. The van der Waals surface area contributed by atoms with Gasteiger partial charge in [0.25, 0.3) is 0 Å². The third kappa shape index (κ3) is 6.11. The second kappa shape index (κ2) is 14.2. The average molecular weight is 656 g/mol. The summed E-state index contributed by atoms with van der Waals surface area (Å²) < 4.78 is 28.2. The van der Waals surface area contributed by atoms with Crippen molar-refractivity contribution in [1.29, 1.82) is 0 Å². The van der Waals surface area contributed by atoms with Gasteiger partial charge in [-0.25, -0.2) is 0 Å². The maximum Gasteiger partial charge on any atom is 0.231 e. The number of amides is 1. The molecule has 3 unspecified atom stereocenters. The first kappa shape index (κ1) is 33.4. The second-order valence-corrected chi connectivity index (χ2v) is 12.5. The number of unbranched alkanes of at least 4 members (excludes halogenated alkanes) is 6. The number of methoxy groups -OCH3 is 2. The van der Waals surface area contributed by atoms with Crippen LogP contribution in [0.1, 0.15) is 93.5 Å². The molecule has 2 heterocycles. The summed E-state index contributed by atoms with van der Waals surface area (Å²) in [6.07, 6.45) is 7.53. The van der Waals surface area contributed by atoms with E-state index in [-0.39, 0.29) is 64.7 Å². The smallest absolute Gasteiger partial charge is 0.231 e. The zero-order valence-electron chi connectivity index (χ0n) is 26.8. The summed E-state index contributed by atoms with van der Waals surface area (Å²) in [7, 11) is 2.82. The number of nitrogens with one attached hydrogen (secondary N) is 1. The minimum Gasteiger partial charge on any atom is -0.507 e. The fraction of sp³-hybridized carbons (Fsp3) is 0.514. The summed E-state index contributed by atoms with van der Waals surface area (Å²) in [5, 5.41) is 15.1. The number of benzene rings is 2. The molecule has 2 aliphatic heterocycles. The zero-order chi connectivity index (χ0) is 33.0. The highest BCUT2D eigenvalue weighted by molar-refractivity contribution is 6.35. The van der Waals surface area contributed by atoms with Crippen molar-refractivity contribution >= 4 is 29.1 Å². The Hall–Kier alpha value is -3.92. The van der Waals surface area contributed by atoms with Crippen LogP contribution in [0.25, 0.3) is 0 Å². The fourth-order valence-corrected chi connectivity index (χ4v) is 6.89. The molecule has 10 nitrogen and oxygen atoms in total. The van der Waals surface area contributed by atoms with Crippen LogP contribution >= 0.6 is 11.6 Å². The van der Waals surface area contributed by atoms with Gasteiger partial charge >= 0.3 is 0 Å². The summed E-state index contributed by atoms with van der Waals surface area (Å²) in [6, 6.07) is 6.61. The molecule has 0 saturated heterocycles. The predicted molar refractivity (Wildman–Crippen MR) is 172 cm³/mol. The Kier molecular flexibility index (Phi) is 10.4. The average Bonchev–Trinajstić information content (AvgIpc) is 3.64. The molecule has 0 radical (unpaired) electrons. The van der Waals surface area contributed by atoms with Crippen LogP contribution in [-0.2, 0) is 9.59 Å². The highest BCUT2D eigenvalue weighted by atomic mass is 35.5. The fourth-order valence-electron chi connectivity index (χ4n) is 6.62. The molecule has 1 aliphatic carbocycles. The molecule has 3 atom stereocenters. The van der Waals surface area contributed by atoms with Crippen molar-refractivity contribution in [1.82, 2.24) is 5.32 Å². The van der Waals surface area contributed by atoms with Crippen LogP contribution in [0.5, 0.6) is 28.7 Å². The molecular formula is C35H42ClNO9. The number of aliphatic hydroxyl groups excluding tert-OH is 1. The molecule has 0 saturated carbocycles. The molecule has 2 aromatic rings. The lowest BCUT2D eigenvalue weighted by molar-refractivity contribution is -0.121. The number of fused-ring (bicyclic) bond motifs is 2. The van der Waals surface area contributed by atoms with Gasteiger partial charge in [0, 0.05) is 42.9 Å². The molecular weight excluding hydrogens is 614 g/mol. The van der Waals surface area contributed by atoms with Crippen LogP contribution in [0.15, 0.2) is 35.6 Å². The minimum absolute atomic E-state index is 0.00188. The highest BCUT2D eigenvalue weighted by Gasteiger charge is 2.61. The quantitative estimate of drug-likeness (QED) is 0.210. The Morgan fingerprint density at radius 2 is 1.74 bits per heavy atom. The number of rotatable bonds is 14. The number of hydrogen-bond donors (Lipinski definition) is 2. The monoisotopic (exact) mass is 655 g/mol. The second-order valence-electron chi connectivity index (χ2n) is 12.1. The number of halogens is 1. The normalized spacial score (nSPS) is 20.5. The van der Waals surface area contributed by atoms with Gasteiger partial charge in [0.15, 0.2) is 28.8 Å². The SMILES string of the molecule is CCCCCCCCCNC(=O)CC(C1=C(O)C2(Oc3c(Cl)c(OC)cc(OC)c3C2=O)C(C)CC1=O)c1ccc2c(c1)OCO2. The lowest BCUT2D eigenvalue weighted by Gasteiger charge is -2.38. The molecule has 11 heteroatoms. The van der Waals surface area contributed by atoms with E-state index >= 15 is 0 Å². The van der Waals surface area contributed by atoms with Crippen molar-refractivity contribution in [3.63, 3.8) is 0 Å². The van der Waals surface area contributed by atoms with Crippen molar-refractivity contribution in [3.8, 4) is 28.7 Å². The number of aliphatic hydroxyl groups is 1. The van der Waals surface area contributed by atoms with Crippen LogP contribution < -0.4 is 29.0 Å². The van der Waals surface area contributed by atoms with Gasteiger partial charge in [-0.1, -0.05) is 70.0 Å². The van der Waals surface area contributed by atoms with Crippen LogP contribution in [0.4, 0.5) is 0 Å². The third-order valence-electron chi connectivity index (χ3n) is 9.15. The van der Waals surface area contributed by atoms with E-state index in [1.165, 1.54) is 46.0 Å². The lowest BCUT2D eigenvalue weighted by Crippen LogP contribution is -2.53. The first-order valence-corrected chi connectivity index (χ1v) is 16.4. The van der Waals surface area contributed by atoms with Gasteiger partial charge in [0.05, 0.1) is 14.2 Å². The molecule has 3 aliphatic rings. The zero-order valence-corrected chi connectivity index (χ0v) is 27.6. The van der Waals surface area contributed by atoms with Gasteiger partial charge in [0.2, 0.25) is 24.1 Å². The van der Waals surface area contributed by atoms with Gasteiger partial charge in [-0.3, -0.25) is 14.4 Å². The largest absolute Gasteiger partial charge is 0.507 e. The van der Waals surface area contributed by atoms with E-state index < -0.39 is 29.0 Å². The number of carbonyl (C=O) groups excluding carboxylic acids is 3. The van der Waals surface area contributed by atoms with E-state index in [1.807, 2.05) is 0 Å². The molecule has 0 fully saturated rings. The van der Waals surface area contributed by atoms with Crippen molar-refractivity contribution < 1.29 is 43.2 Å². The molecule has 46 heavy (non-hydrogen) atoms. The van der Waals surface area contributed by atoms with E-state index in [0.29, 0.717) is 23.6 Å². The molecule has 248 valence electrons. The summed E-state index contributed by atoms with van der Waals surface area (Å²) in [4.78, 5) is 41.5. The summed E-state index contributed by atoms with van der Waals surface area (Å²) >= 11 is 6.59. The lowest BCUT2D eigenvalue weighted by atomic mass is 9.69. The number of ketones is 2. The minimum atomic E-state index is -1.96. The van der Waals surface area contributed by atoms with Crippen molar-refractivity contribution in [2.45, 2.75) is 83.2 Å². The van der Waals surface area contributed by atoms with E-state index in [1.54, 1.807) is 25.1 Å². The van der Waals surface area contributed by atoms with Crippen molar-refractivity contribution in [2.24, 2.45) is 5.92 Å². The molecule has 0 bridgehead atoms. The first-order valence-electron chi connectivity index (χ1n) is 16.0. The maximum atomic E-state index is 14.3. The Morgan fingerprint density at radius 1 is 1.04 bits per heavy atom. The van der Waals surface area contributed by atoms with Crippen LogP contribution in [-0.4, -0.2) is 55.7 Å². The van der Waals surface area contributed by atoms with E-state index in [2.05, 4.69) is 12.2 Å². The predicted octanol–water partition coefficient (Wildman–Crippen LogP) is 6.86. The summed E-state index contributed by atoms with van der Waals surface area (Å²) in [5.74, 6) is -2.11. The molecule has 1 amide bonds. The van der Waals surface area contributed by atoms with E-state index in [4.69, 9.17) is 35.3 Å². The molecule has 1 spiro atoms. The number of ether oxygens (including phenoxy) is 5. The topological polar surface area (TPSA) is 130 Å². The van der Waals surface area contributed by atoms with Crippen LogP contribution in [0.2, 0.25) is 5.02 Å². The van der Waals surface area contributed by atoms with Gasteiger partial charge in [-0.05, 0) is 24.1 Å². The number of allylic oxidation sites excluding steroid dienone is 1. The Morgan fingerprint density at radius 3 is 2.46 bits per heavy atom. The maximum absolute atomic E-state index is 14.3. The number of hydrogen-bond acceptors (Lipinski definition) is 9. The van der Waals surface area contributed by atoms with Gasteiger partial charge in [-0.15, -0.1) is 0 Å². The molecule has 5 rings (SSSR count). The Bertz CT molecular complexity index is 1540. The standard InChI is InChI=1S/C35H42ClNO9/c1-5-6-7-8-9-10-11-14-37-28(39)17-22(21-12-13-24-25(16-21)45-19-44-24)29-23(38)15-20(2)35(33(29)40)34(41)30-26(42-3)18-27(43-4)31(36)32(30)46-35/h12-13,16,18,20,22,40H,5-11,14-15,17,19H2,1-4H3,(H,37,39). The molecule has 2 aromatic carbocycles.